The number of Topliss-reactive ketones (excluding diaryl/α,β-unsaturated/α-hetero) is 1. The van der Waals surface area contributed by atoms with Crippen LogP contribution in [0.15, 0.2) is 82.4 Å². The van der Waals surface area contributed by atoms with Crippen molar-refractivity contribution < 1.29 is 14.3 Å². The second kappa shape index (κ2) is 10.1. The van der Waals surface area contributed by atoms with Crippen molar-refractivity contribution in [2.45, 2.75) is 12.8 Å². The molecule has 1 aromatic carbocycles. The second-order valence-electron chi connectivity index (χ2n) is 6.43. The number of carbonyl (C=O) groups excluding carboxylic acids is 2. The molecule has 5 nitrogen and oxygen atoms in total. The molecule has 0 aliphatic carbocycles. The van der Waals surface area contributed by atoms with E-state index in [1.54, 1.807) is 19.1 Å². The molecule has 0 fully saturated rings. The Morgan fingerprint density at radius 3 is 2.70 bits per heavy atom. The predicted octanol–water partition coefficient (Wildman–Crippen LogP) is 4.79. The van der Waals surface area contributed by atoms with Crippen LogP contribution >= 0.6 is 23.1 Å². The Hall–Kier alpha value is -3.08. The van der Waals surface area contributed by atoms with Crippen LogP contribution in [0.2, 0.25) is 0 Å². The molecule has 0 amide bonds. The van der Waals surface area contributed by atoms with Gasteiger partial charge in [0.15, 0.2) is 5.78 Å². The Morgan fingerprint density at radius 2 is 2.07 bits per heavy atom. The fourth-order valence-electron chi connectivity index (χ4n) is 3.09. The molecule has 152 valence electrons. The van der Waals surface area contributed by atoms with Crippen molar-refractivity contribution >= 4 is 34.9 Å². The van der Waals surface area contributed by atoms with E-state index in [9.17, 15) is 14.9 Å². The van der Waals surface area contributed by atoms with Gasteiger partial charge in [-0.3, -0.25) is 4.79 Å². The van der Waals surface area contributed by atoms with E-state index in [0.29, 0.717) is 27.4 Å². The van der Waals surface area contributed by atoms with Gasteiger partial charge in [-0.1, -0.05) is 60.8 Å². The number of allylic oxidation sites excluding steroid dienone is 2. The van der Waals surface area contributed by atoms with E-state index in [4.69, 9.17) is 4.74 Å². The molecule has 1 aromatic heterocycles. The largest absolute Gasteiger partial charge is 0.458 e. The first kappa shape index (κ1) is 21.6. The molecule has 2 heterocycles. The van der Waals surface area contributed by atoms with Crippen LogP contribution in [0.1, 0.15) is 28.1 Å². The SMILES string of the molecule is C=CCOC(=O)C1=C(C)NC(SCC(=O)c2ccccc2)=C(C#N)C1c1cccs1. The normalized spacial score (nSPS) is 15.9. The number of nitrogens with one attached hydrogen (secondary N) is 1. The van der Waals surface area contributed by atoms with Gasteiger partial charge in [-0.15, -0.1) is 11.3 Å². The van der Waals surface area contributed by atoms with Gasteiger partial charge in [0, 0.05) is 16.1 Å². The molecule has 2 aromatic rings. The lowest BCUT2D eigenvalue weighted by Crippen LogP contribution is -2.28. The third-order valence-electron chi connectivity index (χ3n) is 4.47. The number of nitrogens with zero attached hydrogens (tertiary/aromatic N) is 1. The van der Waals surface area contributed by atoms with Crippen LogP contribution in [0.4, 0.5) is 0 Å². The fraction of sp³-hybridized carbons (Fsp3) is 0.174. The highest BCUT2D eigenvalue weighted by atomic mass is 32.2. The van der Waals surface area contributed by atoms with Crippen molar-refractivity contribution in [1.29, 1.82) is 5.26 Å². The minimum absolute atomic E-state index is 0.0299. The number of ether oxygens (including phenoxy) is 1. The summed E-state index contributed by atoms with van der Waals surface area (Å²) in [7, 11) is 0. The zero-order valence-corrected chi connectivity index (χ0v) is 18.0. The first-order valence-electron chi connectivity index (χ1n) is 9.21. The van der Waals surface area contributed by atoms with Crippen molar-refractivity contribution in [2.24, 2.45) is 0 Å². The van der Waals surface area contributed by atoms with Gasteiger partial charge < -0.3 is 10.1 Å². The summed E-state index contributed by atoms with van der Waals surface area (Å²) in [5, 5.41) is 15.6. The summed E-state index contributed by atoms with van der Waals surface area (Å²) >= 11 is 2.74. The number of hydrogen-bond donors (Lipinski definition) is 1. The van der Waals surface area contributed by atoms with E-state index < -0.39 is 11.9 Å². The quantitative estimate of drug-likeness (QED) is 0.364. The van der Waals surface area contributed by atoms with Crippen molar-refractivity contribution in [2.75, 3.05) is 12.4 Å². The van der Waals surface area contributed by atoms with Crippen LogP contribution in [0.25, 0.3) is 0 Å². The van der Waals surface area contributed by atoms with Crippen molar-refractivity contribution in [3.05, 3.63) is 92.8 Å². The van der Waals surface area contributed by atoms with E-state index in [1.165, 1.54) is 29.2 Å². The summed E-state index contributed by atoms with van der Waals surface area (Å²) in [6.07, 6.45) is 1.50. The number of benzene rings is 1. The van der Waals surface area contributed by atoms with E-state index in [-0.39, 0.29) is 18.1 Å². The predicted molar refractivity (Wildman–Crippen MR) is 120 cm³/mol. The van der Waals surface area contributed by atoms with E-state index in [1.807, 2.05) is 35.7 Å². The Bertz CT molecular complexity index is 1050. The molecule has 0 saturated heterocycles. The zero-order chi connectivity index (χ0) is 21.5. The number of rotatable bonds is 8. The molecule has 0 radical (unpaired) electrons. The summed E-state index contributed by atoms with van der Waals surface area (Å²) in [5.41, 5.74) is 2.03. The average molecular weight is 437 g/mol. The van der Waals surface area contributed by atoms with Crippen LogP contribution in [-0.4, -0.2) is 24.1 Å². The van der Waals surface area contributed by atoms with E-state index >= 15 is 0 Å². The Morgan fingerprint density at radius 1 is 1.30 bits per heavy atom. The van der Waals surface area contributed by atoms with Crippen LogP contribution in [0.3, 0.4) is 0 Å². The molecule has 0 spiro atoms. The van der Waals surface area contributed by atoms with Gasteiger partial charge >= 0.3 is 5.97 Å². The lowest BCUT2D eigenvalue weighted by molar-refractivity contribution is -0.138. The molecule has 0 saturated carbocycles. The molecule has 1 aliphatic heterocycles. The van der Waals surface area contributed by atoms with Gasteiger partial charge in [-0.05, 0) is 18.4 Å². The maximum absolute atomic E-state index is 12.7. The lowest BCUT2D eigenvalue weighted by atomic mass is 9.87. The van der Waals surface area contributed by atoms with Gasteiger partial charge in [-0.2, -0.15) is 5.26 Å². The molecule has 3 rings (SSSR count). The molecular formula is C23H20N2O3S2. The number of carbonyl (C=O) groups is 2. The zero-order valence-electron chi connectivity index (χ0n) is 16.4. The molecule has 7 heteroatoms. The maximum atomic E-state index is 12.7. The minimum atomic E-state index is -0.539. The summed E-state index contributed by atoms with van der Waals surface area (Å²) in [5.74, 6) is -0.880. The first-order chi connectivity index (χ1) is 14.6. The first-order valence-corrected chi connectivity index (χ1v) is 11.1. The molecule has 1 N–H and O–H groups in total. The third kappa shape index (κ3) is 4.73. The highest BCUT2D eigenvalue weighted by molar-refractivity contribution is 8.03. The smallest absolute Gasteiger partial charge is 0.337 e. The van der Waals surface area contributed by atoms with Gasteiger partial charge in [0.05, 0.1) is 33.9 Å². The number of ketones is 1. The molecule has 0 bridgehead atoms. The standard InChI is InChI=1S/C23H20N2O3S2/c1-3-11-28-23(27)20-15(2)25-22(17(13-24)21(20)19-10-7-12-29-19)30-14-18(26)16-8-5-4-6-9-16/h3-10,12,21,25H,1,11,14H2,2H3. The number of nitriles is 1. The van der Waals surface area contributed by atoms with Gasteiger partial charge in [0.2, 0.25) is 0 Å². The number of dihydropyridines is 1. The van der Waals surface area contributed by atoms with Crippen molar-refractivity contribution in [3.8, 4) is 6.07 Å². The summed E-state index contributed by atoms with van der Waals surface area (Å²) in [6.45, 7) is 5.44. The Balaban J connectivity index is 1.92. The van der Waals surface area contributed by atoms with E-state index in [2.05, 4.69) is 18.0 Å². The summed E-state index contributed by atoms with van der Waals surface area (Å²) in [4.78, 5) is 26.1. The Labute approximate surface area is 183 Å². The molecule has 30 heavy (non-hydrogen) atoms. The summed E-state index contributed by atoms with van der Waals surface area (Å²) in [6, 6.07) is 15.0. The molecule has 1 unspecified atom stereocenters. The lowest BCUT2D eigenvalue weighted by Gasteiger charge is -2.28. The van der Waals surface area contributed by atoms with Gasteiger partial charge in [-0.25, -0.2) is 4.79 Å². The van der Waals surface area contributed by atoms with Crippen LogP contribution in [0, 0.1) is 11.3 Å². The van der Waals surface area contributed by atoms with Gasteiger partial charge in [0.25, 0.3) is 0 Å². The number of thiophene rings is 1. The number of thioether (sulfide) groups is 1. The van der Waals surface area contributed by atoms with Gasteiger partial charge in [0.1, 0.15) is 6.61 Å². The second-order valence-corrected chi connectivity index (χ2v) is 8.40. The van der Waals surface area contributed by atoms with Crippen molar-refractivity contribution in [1.82, 2.24) is 5.32 Å². The summed E-state index contributed by atoms with van der Waals surface area (Å²) < 4.78 is 5.27. The number of esters is 1. The molecule has 1 atom stereocenters. The fourth-order valence-corrected chi connectivity index (χ4v) is 4.92. The monoisotopic (exact) mass is 436 g/mol. The van der Waals surface area contributed by atoms with Crippen molar-refractivity contribution in [3.63, 3.8) is 0 Å². The molecular weight excluding hydrogens is 416 g/mol. The van der Waals surface area contributed by atoms with Crippen LogP contribution < -0.4 is 5.32 Å². The van der Waals surface area contributed by atoms with Crippen LogP contribution in [-0.2, 0) is 9.53 Å². The average Bonchev–Trinajstić information content (AvgIpc) is 3.30. The third-order valence-corrected chi connectivity index (χ3v) is 6.43. The highest BCUT2D eigenvalue weighted by Gasteiger charge is 2.36. The topological polar surface area (TPSA) is 79.2 Å². The number of hydrogen-bond acceptors (Lipinski definition) is 7. The maximum Gasteiger partial charge on any atom is 0.337 e. The highest BCUT2D eigenvalue weighted by Crippen LogP contribution is 2.42. The molecule has 1 aliphatic rings. The van der Waals surface area contributed by atoms with Crippen LogP contribution in [0.5, 0.6) is 0 Å². The Kier molecular flexibility index (Phi) is 7.28. The van der Waals surface area contributed by atoms with E-state index in [0.717, 1.165) is 4.88 Å². The minimum Gasteiger partial charge on any atom is -0.458 e.